The largest absolute Gasteiger partial charge is 0.394 e. The molecule has 102 valence electrons. The first kappa shape index (κ1) is 14.6. The average molecular weight is 258 g/mol. The van der Waals surface area contributed by atoms with Gasteiger partial charge in [0.25, 0.3) is 5.91 Å². The van der Waals surface area contributed by atoms with Crippen LogP contribution >= 0.6 is 0 Å². The van der Waals surface area contributed by atoms with Gasteiger partial charge in [-0.1, -0.05) is 6.92 Å². The lowest BCUT2D eigenvalue weighted by Crippen LogP contribution is -2.57. The molecule has 0 fully saturated rings. The lowest BCUT2D eigenvalue weighted by Gasteiger charge is -2.27. The molecule has 1 amide bonds. The van der Waals surface area contributed by atoms with Gasteiger partial charge in [0.2, 0.25) is 5.82 Å². The van der Waals surface area contributed by atoms with Crippen molar-refractivity contribution in [3.8, 4) is 0 Å². The van der Waals surface area contributed by atoms with E-state index in [-0.39, 0.29) is 5.82 Å². The average Bonchev–Trinajstić information content (AvgIpc) is 2.85. The minimum absolute atomic E-state index is 0.0850. The van der Waals surface area contributed by atoms with E-state index in [0.29, 0.717) is 12.2 Å². The molecule has 0 saturated heterocycles. The Morgan fingerprint density at radius 2 is 1.94 bits per heavy atom. The third-order valence-electron chi connectivity index (χ3n) is 2.51. The first-order valence-electron chi connectivity index (χ1n) is 5.67. The molecule has 0 aromatic carbocycles. The van der Waals surface area contributed by atoms with Gasteiger partial charge in [-0.15, -0.1) is 5.10 Å². The number of nitrogens with zero attached hydrogens (tertiary/aromatic N) is 2. The molecule has 0 spiro atoms. The number of aryl methyl sites for hydroxylation is 1. The number of H-pyrrole nitrogens is 1. The lowest BCUT2D eigenvalue weighted by molar-refractivity contribution is 0.0371. The molecule has 0 aliphatic carbocycles. The normalized spacial score (nSPS) is 11.6. The van der Waals surface area contributed by atoms with E-state index in [2.05, 4.69) is 20.5 Å². The second kappa shape index (κ2) is 6.43. The van der Waals surface area contributed by atoms with E-state index in [1.165, 1.54) is 0 Å². The third-order valence-corrected chi connectivity index (χ3v) is 2.51. The molecule has 1 aromatic rings. The number of carbonyl (C=O) groups is 1. The molecular weight excluding hydrogens is 240 g/mol. The quantitative estimate of drug-likeness (QED) is 0.392. The number of amides is 1. The molecular formula is C10H18N4O4. The number of hydrogen-bond acceptors (Lipinski definition) is 6. The van der Waals surface area contributed by atoms with Gasteiger partial charge >= 0.3 is 0 Å². The summed E-state index contributed by atoms with van der Waals surface area (Å²) in [4.78, 5) is 15.7. The SMILES string of the molecule is CCCc1nc(C(=O)NC(CO)(CO)CO)n[nH]1. The van der Waals surface area contributed by atoms with Crippen LogP contribution < -0.4 is 5.32 Å². The van der Waals surface area contributed by atoms with Crippen LogP contribution in [-0.2, 0) is 6.42 Å². The molecule has 0 bridgehead atoms. The van der Waals surface area contributed by atoms with Crippen LogP contribution in [0.25, 0.3) is 0 Å². The molecule has 0 saturated carbocycles. The van der Waals surface area contributed by atoms with Gasteiger partial charge in [-0.2, -0.15) is 0 Å². The molecule has 0 aliphatic heterocycles. The number of carbonyl (C=O) groups excluding carboxylic acids is 1. The van der Waals surface area contributed by atoms with Crippen LogP contribution in [0.2, 0.25) is 0 Å². The van der Waals surface area contributed by atoms with Gasteiger partial charge < -0.3 is 20.6 Å². The minimum atomic E-state index is -1.47. The van der Waals surface area contributed by atoms with E-state index >= 15 is 0 Å². The Morgan fingerprint density at radius 1 is 1.33 bits per heavy atom. The van der Waals surface area contributed by atoms with Gasteiger partial charge in [0.05, 0.1) is 19.8 Å². The first-order valence-corrected chi connectivity index (χ1v) is 5.67. The van der Waals surface area contributed by atoms with Gasteiger partial charge in [-0.25, -0.2) is 4.98 Å². The zero-order valence-corrected chi connectivity index (χ0v) is 10.2. The molecule has 0 unspecified atom stereocenters. The summed E-state index contributed by atoms with van der Waals surface area (Å²) in [6.45, 7) is 0.213. The molecule has 8 heteroatoms. The van der Waals surface area contributed by atoms with Crippen molar-refractivity contribution in [3.05, 3.63) is 11.6 Å². The van der Waals surface area contributed by atoms with Crippen molar-refractivity contribution in [2.45, 2.75) is 25.3 Å². The van der Waals surface area contributed by atoms with Crippen molar-refractivity contribution in [1.82, 2.24) is 20.5 Å². The van der Waals surface area contributed by atoms with Gasteiger partial charge in [-0.05, 0) is 6.42 Å². The molecule has 0 atom stereocenters. The monoisotopic (exact) mass is 258 g/mol. The molecule has 0 radical (unpaired) electrons. The number of nitrogens with one attached hydrogen (secondary N) is 2. The maximum absolute atomic E-state index is 11.8. The van der Waals surface area contributed by atoms with Crippen molar-refractivity contribution in [2.75, 3.05) is 19.8 Å². The molecule has 0 aliphatic rings. The summed E-state index contributed by atoms with van der Waals surface area (Å²) in [6.07, 6.45) is 1.54. The highest BCUT2D eigenvalue weighted by atomic mass is 16.3. The number of aliphatic hydroxyl groups is 3. The lowest BCUT2D eigenvalue weighted by atomic mass is 10.0. The summed E-state index contributed by atoms with van der Waals surface area (Å²) in [5, 5.41) is 35.9. The summed E-state index contributed by atoms with van der Waals surface area (Å²) in [5.74, 6) is -0.158. The number of aromatic amines is 1. The summed E-state index contributed by atoms with van der Waals surface area (Å²) in [5.41, 5.74) is -1.47. The zero-order valence-electron chi connectivity index (χ0n) is 10.2. The molecule has 1 heterocycles. The van der Waals surface area contributed by atoms with Crippen LogP contribution in [0.5, 0.6) is 0 Å². The molecule has 1 rings (SSSR count). The molecule has 1 aromatic heterocycles. The molecule has 8 nitrogen and oxygen atoms in total. The van der Waals surface area contributed by atoms with E-state index in [9.17, 15) is 4.79 Å². The fourth-order valence-electron chi connectivity index (χ4n) is 1.31. The van der Waals surface area contributed by atoms with E-state index in [4.69, 9.17) is 15.3 Å². The predicted molar refractivity (Wildman–Crippen MR) is 61.8 cm³/mol. The highest BCUT2D eigenvalue weighted by molar-refractivity contribution is 5.90. The van der Waals surface area contributed by atoms with Crippen molar-refractivity contribution >= 4 is 5.91 Å². The number of aliphatic hydroxyl groups excluding tert-OH is 3. The molecule has 5 N–H and O–H groups in total. The number of aromatic nitrogens is 3. The van der Waals surface area contributed by atoms with Crippen LogP contribution in [-0.4, -0.2) is 61.8 Å². The Bertz CT molecular complexity index is 381. The van der Waals surface area contributed by atoms with E-state index in [1.54, 1.807) is 0 Å². The fraction of sp³-hybridized carbons (Fsp3) is 0.700. The smallest absolute Gasteiger partial charge is 0.291 e. The Morgan fingerprint density at radius 3 is 2.44 bits per heavy atom. The second-order valence-corrected chi connectivity index (χ2v) is 4.06. The van der Waals surface area contributed by atoms with Crippen LogP contribution in [0.15, 0.2) is 0 Å². The Balaban J connectivity index is 2.74. The second-order valence-electron chi connectivity index (χ2n) is 4.06. The number of rotatable bonds is 7. The van der Waals surface area contributed by atoms with Crippen molar-refractivity contribution in [2.24, 2.45) is 0 Å². The van der Waals surface area contributed by atoms with Gasteiger partial charge in [0.1, 0.15) is 11.4 Å². The number of hydrogen-bond donors (Lipinski definition) is 5. The maximum atomic E-state index is 11.8. The van der Waals surface area contributed by atoms with Crippen molar-refractivity contribution in [1.29, 1.82) is 0 Å². The first-order chi connectivity index (χ1) is 8.60. The highest BCUT2D eigenvalue weighted by Gasteiger charge is 2.31. The van der Waals surface area contributed by atoms with Crippen LogP contribution in [0.4, 0.5) is 0 Å². The summed E-state index contributed by atoms with van der Waals surface area (Å²) < 4.78 is 0. The van der Waals surface area contributed by atoms with Crippen LogP contribution in [0, 0.1) is 0 Å². The molecule has 18 heavy (non-hydrogen) atoms. The predicted octanol–water partition coefficient (Wildman–Crippen LogP) is -1.80. The zero-order chi connectivity index (χ0) is 13.6. The van der Waals surface area contributed by atoms with Crippen molar-refractivity contribution < 1.29 is 20.1 Å². The fourth-order valence-corrected chi connectivity index (χ4v) is 1.31. The van der Waals surface area contributed by atoms with E-state index < -0.39 is 31.3 Å². The highest BCUT2D eigenvalue weighted by Crippen LogP contribution is 2.04. The topological polar surface area (TPSA) is 131 Å². The Labute approximate surface area is 104 Å². The Hall–Kier alpha value is -1.51. The standard InChI is InChI=1S/C10H18N4O4/c1-2-3-7-11-8(14-13-7)9(18)12-10(4-15,5-16)6-17/h15-17H,2-6H2,1H3,(H,12,18)(H,11,13,14). The van der Waals surface area contributed by atoms with Gasteiger partial charge in [0, 0.05) is 6.42 Å². The van der Waals surface area contributed by atoms with E-state index in [1.807, 2.05) is 6.92 Å². The van der Waals surface area contributed by atoms with Gasteiger partial charge in [-0.3, -0.25) is 9.89 Å². The third kappa shape index (κ3) is 3.25. The summed E-state index contributed by atoms with van der Waals surface area (Å²) >= 11 is 0. The van der Waals surface area contributed by atoms with E-state index in [0.717, 1.165) is 6.42 Å². The summed E-state index contributed by atoms with van der Waals surface area (Å²) in [7, 11) is 0. The van der Waals surface area contributed by atoms with Gasteiger partial charge in [0.15, 0.2) is 0 Å². The Kier molecular flexibility index (Phi) is 5.20. The maximum Gasteiger partial charge on any atom is 0.291 e. The van der Waals surface area contributed by atoms with Crippen LogP contribution in [0.3, 0.4) is 0 Å². The minimum Gasteiger partial charge on any atom is -0.394 e. The van der Waals surface area contributed by atoms with Crippen LogP contribution in [0.1, 0.15) is 29.8 Å². The van der Waals surface area contributed by atoms with Crippen molar-refractivity contribution in [3.63, 3.8) is 0 Å². The summed E-state index contributed by atoms with van der Waals surface area (Å²) in [6, 6.07) is 0.